The van der Waals surface area contributed by atoms with Gasteiger partial charge in [0.15, 0.2) is 0 Å². The van der Waals surface area contributed by atoms with Crippen LogP contribution in [0.2, 0.25) is 0 Å². The van der Waals surface area contributed by atoms with Gasteiger partial charge >= 0.3 is 6.09 Å². The molecule has 1 amide bonds. The zero-order valence-electron chi connectivity index (χ0n) is 21.9. The van der Waals surface area contributed by atoms with Gasteiger partial charge in [-0.25, -0.2) is 9.18 Å². The lowest BCUT2D eigenvalue weighted by Gasteiger charge is -2.25. The van der Waals surface area contributed by atoms with E-state index in [1.54, 1.807) is 4.57 Å². The molecule has 2 atom stereocenters. The van der Waals surface area contributed by atoms with E-state index < -0.39 is 6.09 Å². The summed E-state index contributed by atoms with van der Waals surface area (Å²) in [5, 5.41) is 3.21. The summed E-state index contributed by atoms with van der Waals surface area (Å²) in [6, 6.07) is 12.5. The molecule has 202 valence electrons. The molecule has 9 heteroatoms. The number of amides is 1. The first-order valence-corrected chi connectivity index (χ1v) is 13.3. The molecule has 3 N–H and O–H groups in total. The Morgan fingerprint density at radius 2 is 1.97 bits per heavy atom. The van der Waals surface area contributed by atoms with E-state index in [9.17, 15) is 9.59 Å². The molecule has 2 aliphatic rings. The number of benzene rings is 2. The Balaban J connectivity index is 1.33. The van der Waals surface area contributed by atoms with E-state index in [1.165, 1.54) is 12.1 Å². The van der Waals surface area contributed by atoms with Gasteiger partial charge in [-0.1, -0.05) is 30.3 Å². The van der Waals surface area contributed by atoms with Gasteiger partial charge in [-0.3, -0.25) is 4.79 Å². The fourth-order valence-electron chi connectivity index (χ4n) is 5.34. The molecule has 1 aromatic heterocycles. The summed E-state index contributed by atoms with van der Waals surface area (Å²) in [4.78, 5) is 27.3. The highest BCUT2D eigenvalue weighted by molar-refractivity contribution is 5.92. The van der Waals surface area contributed by atoms with Crippen molar-refractivity contribution in [3.8, 4) is 5.75 Å². The maximum Gasteiger partial charge on any atom is 0.407 e. The molecule has 2 heterocycles. The molecule has 1 saturated carbocycles. The maximum atomic E-state index is 15.6. The van der Waals surface area contributed by atoms with Crippen LogP contribution < -0.4 is 26.2 Å². The van der Waals surface area contributed by atoms with Gasteiger partial charge < -0.3 is 30.0 Å². The predicted octanol–water partition coefficient (Wildman–Crippen LogP) is 4.26. The van der Waals surface area contributed by atoms with Gasteiger partial charge in [0.25, 0.3) is 5.56 Å². The molecular weight excluding hydrogens is 487 g/mol. The summed E-state index contributed by atoms with van der Waals surface area (Å²) in [6.07, 6.45) is 2.20. The molecule has 1 saturated heterocycles. The minimum absolute atomic E-state index is 0.0395. The van der Waals surface area contributed by atoms with Crippen molar-refractivity contribution >= 4 is 22.7 Å². The predicted molar refractivity (Wildman–Crippen MR) is 145 cm³/mol. The Bertz CT molecular complexity index is 1370. The smallest absolute Gasteiger partial charge is 0.407 e. The molecule has 38 heavy (non-hydrogen) atoms. The number of nitrogens with zero attached hydrogens (tertiary/aromatic N) is 2. The average Bonchev–Trinajstić information content (AvgIpc) is 3.61. The summed E-state index contributed by atoms with van der Waals surface area (Å²) < 4.78 is 28.5. The monoisotopic (exact) mass is 522 g/mol. The van der Waals surface area contributed by atoms with Crippen LogP contribution in [-0.4, -0.2) is 42.9 Å². The molecule has 1 aliphatic carbocycles. The largest absolute Gasteiger partial charge is 0.491 e. The molecule has 1 aliphatic heterocycles. The van der Waals surface area contributed by atoms with E-state index >= 15 is 4.39 Å². The number of halogens is 1. The van der Waals surface area contributed by atoms with Crippen LogP contribution in [0.4, 0.5) is 14.9 Å². The molecule has 0 unspecified atom stereocenters. The highest BCUT2D eigenvalue weighted by atomic mass is 19.1. The number of fused-ring (bicyclic) bond motifs is 1. The van der Waals surface area contributed by atoms with Gasteiger partial charge in [0.1, 0.15) is 24.8 Å². The second-order valence-corrected chi connectivity index (χ2v) is 10.4. The van der Waals surface area contributed by atoms with Crippen LogP contribution in [0.15, 0.2) is 47.3 Å². The number of alkyl carbamates (subject to hydrolysis) is 1. The second kappa shape index (κ2) is 11.0. The highest BCUT2D eigenvalue weighted by Gasteiger charge is 2.32. The van der Waals surface area contributed by atoms with Gasteiger partial charge in [0, 0.05) is 36.6 Å². The molecule has 0 spiro atoms. The highest BCUT2D eigenvalue weighted by Crippen LogP contribution is 2.42. The van der Waals surface area contributed by atoms with Crippen LogP contribution in [0.5, 0.6) is 5.75 Å². The molecule has 8 nitrogen and oxygen atoms in total. The van der Waals surface area contributed by atoms with Gasteiger partial charge in [-0.15, -0.1) is 0 Å². The van der Waals surface area contributed by atoms with E-state index in [0.29, 0.717) is 34.8 Å². The third-order valence-electron chi connectivity index (χ3n) is 7.50. The van der Waals surface area contributed by atoms with Crippen molar-refractivity contribution in [2.75, 3.05) is 31.1 Å². The summed E-state index contributed by atoms with van der Waals surface area (Å²) >= 11 is 0. The Morgan fingerprint density at radius 1 is 1.21 bits per heavy atom. The SMILES string of the molecule is Cc1c(N2CC[C@@H]([C@H](C)N)C2)c(F)cc2c(OCCNC(=O)OCc3ccccc3)cc(=O)n(C3CC3)c12. The molecule has 2 fully saturated rings. The van der Waals surface area contributed by atoms with Gasteiger partial charge in [-0.05, 0) is 56.2 Å². The van der Waals surface area contributed by atoms with Crippen LogP contribution in [0.25, 0.3) is 10.9 Å². The lowest BCUT2D eigenvalue weighted by Crippen LogP contribution is -2.30. The van der Waals surface area contributed by atoms with Crippen LogP contribution in [0, 0.1) is 18.7 Å². The topological polar surface area (TPSA) is 98.8 Å². The quantitative estimate of drug-likeness (QED) is 0.408. The van der Waals surface area contributed by atoms with E-state index in [-0.39, 0.29) is 43.2 Å². The van der Waals surface area contributed by atoms with Gasteiger partial charge in [-0.2, -0.15) is 0 Å². The van der Waals surface area contributed by atoms with Crippen molar-refractivity contribution in [1.29, 1.82) is 0 Å². The minimum Gasteiger partial charge on any atom is -0.491 e. The van der Waals surface area contributed by atoms with E-state index in [4.69, 9.17) is 15.2 Å². The summed E-state index contributed by atoms with van der Waals surface area (Å²) in [7, 11) is 0. The molecular formula is C29H35FN4O4. The zero-order valence-corrected chi connectivity index (χ0v) is 21.9. The molecule has 0 radical (unpaired) electrons. The number of pyridine rings is 1. The Morgan fingerprint density at radius 3 is 2.66 bits per heavy atom. The number of nitrogens with two attached hydrogens (primary N) is 1. The van der Waals surface area contributed by atoms with Gasteiger partial charge in [0.05, 0.1) is 17.7 Å². The first-order valence-electron chi connectivity index (χ1n) is 13.3. The fraction of sp³-hybridized carbons (Fsp3) is 0.448. The van der Waals surface area contributed by atoms with Crippen molar-refractivity contribution in [2.24, 2.45) is 11.7 Å². The molecule has 2 aromatic carbocycles. The number of carbonyl (C=O) groups is 1. The van der Waals surface area contributed by atoms with Crippen molar-refractivity contribution in [3.63, 3.8) is 0 Å². The summed E-state index contributed by atoms with van der Waals surface area (Å²) in [5.74, 6) is 0.273. The molecule has 3 aromatic rings. The number of aryl methyl sites for hydroxylation is 1. The first kappa shape index (κ1) is 26.0. The number of hydrogen-bond acceptors (Lipinski definition) is 6. The maximum absolute atomic E-state index is 15.6. The van der Waals surface area contributed by atoms with Crippen LogP contribution in [0.1, 0.15) is 43.4 Å². The lowest BCUT2D eigenvalue weighted by atomic mass is 10.0. The number of aromatic nitrogens is 1. The number of ether oxygens (including phenoxy) is 2. The van der Waals surface area contributed by atoms with Crippen molar-refractivity contribution < 1.29 is 18.7 Å². The number of hydrogen-bond donors (Lipinski definition) is 2. The number of carbonyl (C=O) groups excluding carboxylic acids is 1. The average molecular weight is 523 g/mol. The summed E-state index contributed by atoms with van der Waals surface area (Å²) in [5.41, 5.74) is 8.83. The lowest BCUT2D eigenvalue weighted by molar-refractivity contribution is 0.137. The Hall–Kier alpha value is -3.59. The van der Waals surface area contributed by atoms with E-state index in [2.05, 4.69) is 10.2 Å². The molecule has 0 bridgehead atoms. The van der Waals surface area contributed by atoms with E-state index in [0.717, 1.165) is 36.9 Å². The Labute approximate surface area is 221 Å². The number of nitrogens with one attached hydrogen (secondary N) is 1. The van der Waals surface area contributed by atoms with Gasteiger partial charge in [0.2, 0.25) is 0 Å². The molecule has 5 rings (SSSR count). The summed E-state index contributed by atoms with van der Waals surface area (Å²) in [6.45, 7) is 5.73. The van der Waals surface area contributed by atoms with E-state index in [1.807, 2.05) is 44.2 Å². The second-order valence-electron chi connectivity index (χ2n) is 10.4. The number of anilines is 1. The fourth-order valence-corrected chi connectivity index (χ4v) is 5.34. The Kier molecular flexibility index (Phi) is 7.56. The van der Waals surface area contributed by atoms with Crippen LogP contribution >= 0.6 is 0 Å². The minimum atomic E-state index is -0.561. The van der Waals surface area contributed by atoms with Crippen LogP contribution in [-0.2, 0) is 11.3 Å². The van der Waals surface area contributed by atoms with Crippen molar-refractivity contribution in [3.05, 3.63) is 69.8 Å². The number of rotatable bonds is 9. The van der Waals surface area contributed by atoms with Crippen LogP contribution in [0.3, 0.4) is 0 Å². The van der Waals surface area contributed by atoms with Crippen molar-refractivity contribution in [2.45, 2.75) is 51.8 Å². The van der Waals surface area contributed by atoms with Crippen molar-refractivity contribution in [1.82, 2.24) is 9.88 Å². The third kappa shape index (κ3) is 5.48. The first-order chi connectivity index (χ1) is 18.3. The normalized spacial score (nSPS) is 18.0. The standard InChI is InChI=1S/C29H35FN4O4/c1-18-27-23(14-24(30)28(18)33-12-10-21(16-33)19(2)31)25(15-26(35)34(27)22-8-9-22)37-13-11-32-29(36)38-17-20-6-4-3-5-7-20/h3-7,14-15,19,21-22H,8-13,16-17,31H2,1-2H3,(H,32,36)/t19-,21+/m0/s1. The third-order valence-corrected chi connectivity index (χ3v) is 7.50. The zero-order chi connectivity index (χ0) is 26.8.